The minimum atomic E-state index is -0.0977. The second-order valence-corrected chi connectivity index (χ2v) is 8.21. The zero-order valence-electron chi connectivity index (χ0n) is 13.8. The van der Waals surface area contributed by atoms with Gasteiger partial charge in [-0.25, -0.2) is 0 Å². The van der Waals surface area contributed by atoms with Crippen LogP contribution in [0, 0.1) is 0 Å². The number of thioether (sulfide) groups is 1. The van der Waals surface area contributed by atoms with Gasteiger partial charge in [-0.1, -0.05) is 43.6 Å². The van der Waals surface area contributed by atoms with Gasteiger partial charge in [0.1, 0.15) is 0 Å². The molecule has 4 nitrogen and oxygen atoms in total. The SMILES string of the molecule is CC(C)(C)c1noc(CSc2c(Cl)ccc3c2CCNCC3)n1. The number of halogens is 1. The van der Waals surface area contributed by atoms with Crippen LogP contribution in [-0.2, 0) is 24.0 Å². The van der Waals surface area contributed by atoms with E-state index in [1.54, 1.807) is 11.8 Å². The lowest BCUT2D eigenvalue weighted by molar-refractivity contribution is 0.373. The molecule has 6 heteroatoms. The summed E-state index contributed by atoms with van der Waals surface area (Å²) < 4.78 is 5.38. The third kappa shape index (κ3) is 3.90. The van der Waals surface area contributed by atoms with Crippen molar-refractivity contribution in [2.75, 3.05) is 13.1 Å². The molecule has 1 aromatic heterocycles. The second-order valence-electron chi connectivity index (χ2n) is 6.81. The predicted octanol–water partition coefficient (Wildman–Crippen LogP) is 4.00. The third-order valence-corrected chi connectivity index (χ3v) is 5.48. The van der Waals surface area contributed by atoms with Crippen LogP contribution in [0.2, 0.25) is 5.02 Å². The number of nitrogens with one attached hydrogen (secondary N) is 1. The van der Waals surface area contributed by atoms with E-state index in [0.717, 1.165) is 41.7 Å². The largest absolute Gasteiger partial charge is 0.338 e. The Balaban J connectivity index is 1.79. The predicted molar refractivity (Wildman–Crippen MR) is 94.3 cm³/mol. The number of hydrogen-bond acceptors (Lipinski definition) is 5. The van der Waals surface area contributed by atoms with Gasteiger partial charge in [0.15, 0.2) is 5.82 Å². The number of aromatic nitrogens is 2. The average Bonchev–Trinajstić information content (AvgIpc) is 2.85. The molecule has 0 aliphatic carbocycles. The summed E-state index contributed by atoms with van der Waals surface area (Å²) in [7, 11) is 0. The van der Waals surface area contributed by atoms with E-state index in [1.165, 1.54) is 11.1 Å². The summed E-state index contributed by atoms with van der Waals surface area (Å²) >= 11 is 8.14. The summed E-state index contributed by atoms with van der Waals surface area (Å²) in [5, 5.41) is 8.33. The molecule has 0 radical (unpaired) electrons. The molecular weight excluding hydrogens is 330 g/mol. The van der Waals surface area contributed by atoms with Gasteiger partial charge < -0.3 is 9.84 Å². The molecule has 1 aliphatic rings. The first kappa shape index (κ1) is 16.8. The Morgan fingerprint density at radius 3 is 2.78 bits per heavy atom. The lowest BCUT2D eigenvalue weighted by Gasteiger charge is -2.13. The highest BCUT2D eigenvalue weighted by atomic mass is 35.5. The highest BCUT2D eigenvalue weighted by Gasteiger charge is 2.21. The monoisotopic (exact) mass is 351 g/mol. The summed E-state index contributed by atoms with van der Waals surface area (Å²) in [5.74, 6) is 2.04. The normalized spacial score (nSPS) is 15.3. The van der Waals surface area contributed by atoms with Crippen molar-refractivity contribution in [3.05, 3.63) is 40.0 Å². The van der Waals surface area contributed by atoms with Gasteiger partial charge in [-0.15, -0.1) is 11.8 Å². The van der Waals surface area contributed by atoms with Crippen molar-refractivity contribution in [2.45, 2.75) is 49.7 Å². The van der Waals surface area contributed by atoms with Gasteiger partial charge >= 0.3 is 0 Å². The van der Waals surface area contributed by atoms with Crippen LogP contribution in [-0.4, -0.2) is 23.2 Å². The van der Waals surface area contributed by atoms with Gasteiger partial charge in [0.05, 0.1) is 10.8 Å². The number of hydrogen-bond donors (Lipinski definition) is 1. The standard InChI is InChI=1S/C17H22ClN3OS/c1-17(2,3)16-20-14(22-21-16)10-23-15-12-7-9-19-8-6-11(12)4-5-13(15)18/h4-5,19H,6-10H2,1-3H3. The lowest BCUT2D eigenvalue weighted by atomic mass is 9.96. The minimum absolute atomic E-state index is 0.0977. The van der Waals surface area contributed by atoms with Crippen LogP contribution >= 0.6 is 23.4 Å². The van der Waals surface area contributed by atoms with Crippen LogP contribution < -0.4 is 5.32 Å². The molecule has 3 rings (SSSR count). The molecule has 1 N–H and O–H groups in total. The van der Waals surface area contributed by atoms with Gasteiger partial charge in [-0.05, 0) is 43.1 Å². The van der Waals surface area contributed by atoms with Crippen molar-refractivity contribution in [1.82, 2.24) is 15.5 Å². The Labute approximate surface area is 146 Å². The van der Waals surface area contributed by atoms with Gasteiger partial charge in [-0.3, -0.25) is 0 Å². The molecule has 2 aromatic rings. The van der Waals surface area contributed by atoms with Crippen molar-refractivity contribution in [2.24, 2.45) is 0 Å². The Kier molecular flexibility index (Phi) is 4.99. The van der Waals surface area contributed by atoms with Gasteiger partial charge in [-0.2, -0.15) is 4.98 Å². The minimum Gasteiger partial charge on any atom is -0.338 e. The fourth-order valence-electron chi connectivity index (χ4n) is 2.62. The summed E-state index contributed by atoms with van der Waals surface area (Å²) in [6.07, 6.45) is 2.06. The van der Waals surface area contributed by atoms with Crippen LogP contribution in [0.5, 0.6) is 0 Å². The van der Waals surface area contributed by atoms with E-state index in [4.69, 9.17) is 16.1 Å². The maximum atomic E-state index is 6.45. The Morgan fingerprint density at radius 1 is 1.26 bits per heavy atom. The molecule has 0 amide bonds. The van der Waals surface area contributed by atoms with Crippen molar-refractivity contribution < 1.29 is 4.52 Å². The topological polar surface area (TPSA) is 51.0 Å². The maximum Gasteiger partial charge on any atom is 0.237 e. The quantitative estimate of drug-likeness (QED) is 0.847. The van der Waals surface area contributed by atoms with E-state index < -0.39 is 0 Å². The first-order chi connectivity index (χ1) is 10.9. The van der Waals surface area contributed by atoms with Crippen molar-refractivity contribution >= 4 is 23.4 Å². The maximum absolute atomic E-state index is 6.45. The van der Waals surface area contributed by atoms with E-state index in [2.05, 4.69) is 42.3 Å². The summed E-state index contributed by atoms with van der Waals surface area (Å²) in [6.45, 7) is 8.26. The molecule has 0 fully saturated rings. The van der Waals surface area contributed by atoms with Gasteiger partial charge in [0, 0.05) is 10.3 Å². The molecule has 0 atom stereocenters. The van der Waals surface area contributed by atoms with Crippen molar-refractivity contribution in [3.63, 3.8) is 0 Å². The van der Waals surface area contributed by atoms with E-state index in [1.807, 2.05) is 6.07 Å². The zero-order chi connectivity index (χ0) is 16.4. The second kappa shape index (κ2) is 6.83. The molecule has 2 heterocycles. The highest BCUT2D eigenvalue weighted by molar-refractivity contribution is 7.98. The molecular formula is C17H22ClN3OS. The van der Waals surface area contributed by atoms with Gasteiger partial charge in [0.2, 0.25) is 5.89 Å². The number of benzene rings is 1. The van der Waals surface area contributed by atoms with Crippen LogP contribution in [0.25, 0.3) is 0 Å². The van der Waals surface area contributed by atoms with Crippen LogP contribution in [0.1, 0.15) is 43.6 Å². The first-order valence-corrected chi connectivity index (χ1v) is 9.28. The van der Waals surface area contributed by atoms with Crippen LogP contribution in [0.3, 0.4) is 0 Å². The molecule has 1 aromatic carbocycles. The number of rotatable bonds is 3. The molecule has 124 valence electrons. The van der Waals surface area contributed by atoms with Crippen LogP contribution in [0.4, 0.5) is 0 Å². The molecule has 0 saturated heterocycles. The first-order valence-electron chi connectivity index (χ1n) is 7.92. The fraction of sp³-hybridized carbons (Fsp3) is 0.529. The van der Waals surface area contributed by atoms with E-state index in [-0.39, 0.29) is 5.41 Å². The highest BCUT2D eigenvalue weighted by Crippen LogP contribution is 2.36. The lowest BCUT2D eigenvalue weighted by Crippen LogP contribution is -2.16. The molecule has 0 spiro atoms. The molecule has 23 heavy (non-hydrogen) atoms. The van der Waals surface area contributed by atoms with Crippen molar-refractivity contribution in [1.29, 1.82) is 0 Å². The van der Waals surface area contributed by atoms with Crippen molar-refractivity contribution in [3.8, 4) is 0 Å². The Hall–Kier alpha value is -1.04. The summed E-state index contributed by atoms with van der Waals surface area (Å²) in [4.78, 5) is 5.66. The molecule has 0 bridgehead atoms. The fourth-order valence-corrected chi connectivity index (χ4v) is 3.96. The van der Waals surface area contributed by atoms with Gasteiger partial charge in [0.25, 0.3) is 0 Å². The smallest absolute Gasteiger partial charge is 0.237 e. The van der Waals surface area contributed by atoms with E-state index >= 15 is 0 Å². The Bertz CT molecular complexity index is 694. The number of fused-ring (bicyclic) bond motifs is 1. The average molecular weight is 352 g/mol. The van der Waals surface area contributed by atoms with E-state index in [0.29, 0.717) is 11.6 Å². The molecule has 0 unspecified atom stereocenters. The third-order valence-electron chi connectivity index (χ3n) is 3.91. The number of nitrogens with zero attached hydrogens (tertiary/aromatic N) is 2. The summed E-state index contributed by atoms with van der Waals surface area (Å²) in [5.41, 5.74) is 2.66. The summed E-state index contributed by atoms with van der Waals surface area (Å²) in [6, 6.07) is 4.15. The Morgan fingerprint density at radius 2 is 2.04 bits per heavy atom. The van der Waals surface area contributed by atoms with Crippen LogP contribution in [0.15, 0.2) is 21.6 Å². The molecule has 1 aliphatic heterocycles. The molecule has 0 saturated carbocycles. The van der Waals surface area contributed by atoms with E-state index in [9.17, 15) is 0 Å². The zero-order valence-corrected chi connectivity index (χ0v) is 15.4.